The van der Waals surface area contributed by atoms with Gasteiger partial charge in [-0.15, -0.1) is 0 Å². The molecule has 15 heavy (non-hydrogen) atoms. The van der Waals surface area contributed by atoms with Crippen LogP contribution in [0.15, 0.2) is 12.1 Å². The van der Waals surface area contributed by atoms with Crippen molar-refractivity contribution in [2.75, 3.05) is 0 Å². The number of alkyl halides is 3. The lowest BCUT2D eigenvalue weighted by Gasteiger charge is -2.10. The maximum absolute atomic E-state index is 13.3. The molecule has 0 radical (unpaired) electrons. The van der Waals surface area contributed by atoms with Crippen molar-refractivity contribution in [3.8, 4) is 0 Å². The van der Waals surface area contributed by atoms with E-state index in [9.17, 15) is 22.4 Å². The normalized spacial score (nSPS) is 11.6. The minimum absolute atomic E-state index is 0.326. The predicted octanol–water partition coefficient (Wildman–Crippen LogP) is 3.70. The van der Waals surface area contributed by atoms with Gasteiger partial charge >= 0.3 is 6.18 Å². The van der Waals surface area contributed by atoms with E-state index < -0.39 is 28.9 Å². The summed E-state index contributed by atoms with van der Waals surface area (Å²) in [7, 11) is 0. The first-order valence-electron chi connectivity index (χ1n) is 3.81. The van der Waals surface area contributed by atoms with Gasteiger partial charge in [0.15, 0.2) is 5.78 Å². The van der Waals surface area contributed by atoms with Crippen LogP contribution in [0.5, 0.6) is 0 Å². The van der Waals surface area contributed by atoms with Crippen LogP contribution in [0.1, 0.15) is 22.8 Å². The molecule has 1 aromatic rings. The summed E-state index contributed by atoms with van der Waals surface area (Å²) in [5.74, 6) is -2.47. The molecule has 0 amide bonds. The molecule has 0 heterocycles. The number of carbonyl (C=O) groups excluding carboxylic acids is 1. The van der Waals surface area contributed by atoms with Crippen LogP contribution in [0.2, 0.25) is 5.02 Å². The molecule has 0 unspecified atom stereocenters. The number of Topliss-reactive ketones (excluding diaryl/α,β-unsaturated/α-hetero) is 1. The molecule has 0 saturated carbocycles. The van der Waals surface area contributed by atoms with Crippen LogP contribution >= 0.6 is 11.6 Å². The van der Waals surface area contributed by atoms with E-state index in [4.69, 9.17) is 11.6 Å². The highest BCUT2D eigenvalue weighted by Crippen LogP contribution is 2.34. The van der Waals surface area contributed by atoms with Gasteiger partial charge in [-0.25, -0.2) is 4.39 Å². The molecule has 0 aliphatic heterocycles. The molecule has 0 fully saturated rings. The third-order valence-corrected chi connectivity index (χ3v) is 2.06. The van der Waals surface area contributed by atoms with Crippen molar-refractivity contribution < 1.29 is 22.4 Å². The van der Waals surface area contributed by atoms with Gasteiger partial charge < -0.3 is 0 Å². The number of rotatable bonds is 1. The van der Waals surface area contributed by atoms with Crippen molar-refractivity contribution in [3.63, 3.8) is 0 Å². The predicted molar refractivity (Wildman–Crippen MR) is 46.4 cm³/mol. The van der Waals surface area contributed by atoms with E-state index in [-0.39, 0.29) is 5.02 Å². The number of halogens is 5. The van der Waals surface area contributed by atoms with Crippen molar-refractivity contribution >= 4 is 17.4 Å². The van der Waals surface area contributed by atoms with Gasteiger partial charge in [0.25, 0.3) is 0 Å². The molecule has 0 bridgehead atoms. The van der Waals surface area contributed by atoms with Gasteiger partial charge in [0.1, 0.15) is 5.82 Å². The van der Waals surface area contributed by atoms with Crippen molar-refractivity contribution in [2.24, 2.45) is 0 Å². The highest BCUT2D eigenvalue weighted by atomic mass is 35.5. The topological polar surface area (TPSA) is 17.1 Å². The molecule has 1 aromatic carbocycles. The highest BCUT2D eigenvalue weighted by Gasteiger charge is 2.36. The van der Waals surface area contributed by atoms with Gasteiger partial charge in [-0.1, -0.05) is 11.6 Å². The van der Waals surface area contributed by atoms with E-state index in [0.29, 0.717) is 6.07 Å². The van der Waals surface area contributed by atoms with Crippen LogP contribution in [0.3, 0.4) is 0 Å². The molecule has 0 N–H and O–H groups in total. The molecule has 0 aliphatic rings. The van der Waals surface area contributed by atoms with E-state index in [2.05, 4.69) is 0 Å². The lowest BCUT2D eigenvalue weighted by molar-refractivity contribution is -0.140. The summed E-state index contributed by atoms with van der Waals surface area (Å²) in [4.78, 5) is 10.9. The van der Waals surface area contributed by atoms with Crippen LogP contribution < -0.4 is 0 Å². The molecule has 1 rings (SSSR count). The van der Waals surface area contributed by atoms with Crippen LogP contribution in [0, 0.1) is 5.82 Å². The summed E-state index contributed by atoms with van der Waals surface area (Å²) in [5, 5.41) is -0.326. The van der Waals surface area contributed by atoms with Crippen molar-refractivity contribution in [2.45, 2.75) is 13.1 Å². The van der Waals surface area contributed by atoms with Crippen molar-refractivity contribution in [3.05, 3.63) is 34.1 Å². The first-order valence-corrected chi connectivity index (χ1v) is 4.19. The second-order valence-corrected chi connectivity index (χ2v) is 3.25. The Morgan fingerprint density at radius 3 is 2.27 bits per heavy atom. The lowest BCUT2D eigenvalue weighted by Crippen LogP contribution is -2.11. The monoisotopic (exact) mass is 240 g/mol. The van der Waals surface area contributed by atoms with Gasteiger partial charge in [0, 0.05) is 0 Å². The molecule has 0 saturated heterocycles. The fourth-order valence-corrected chi connectivity index (χ4v) is 1.37. The Hall–Kier alpha value is -1.10. The number of ketones is 1. The zero-order valence-corrected chi connectivity index (χ0v) is 8.21. The Morgan fingerprint density at radius 2 is 1.87 bits per heavy atom. The van der Waals surface area contributed by atoms with Gasteiger partial charge in [0.2, 0.25) is 0 Å². The second kappa shape index (κ2) is 3.81. The quantitative estimate of drug-likeness (QED) is 0.540. The van der Waals surface area contributed by atoms with Crippen molar-refractivity contribution in [1.29, 1.82) is 0 Å². The number of hydrogen-bond donors (Lipinski definition) is 0. The van der Waals surface area contributed by atoms with E-state index in [1.54, 1.807) is 0 Å². The fraction of sp³-hybridized carbons (Fsp3) is 0.222. The zero-order valence-electron chi connectivity index (χ0n) is 7.45. The Morgan fingerprint density at radius 1 is 1.33 bits per heavy atom. The van der Waals surface area contributed by atoms with Gasteiger partial charge in [-0.3, -0.25) is 4.79 Å². The first-order chi connectivity index (χ1) is 6.75. The maximum atomic E-state index is 13.3. The van der Waals surface area contributed by atoms with Crippen LogP contribution in [-0.2, 0) is 6.18 Å². The molecule has 0 aliphatic carbocycles. The minimum atomic E-state index is -4.83. The average Bonchev–Trinajstić information content (AvgIpc) is 2.00. The average molecular weight is 241 g/mol. The van der Waals surface area contributed by atoms with Crippen LogP contribution in [0.25, 0.3) is 0 Å². The summed E-state index contributed by atoms with van der Waals surface area (Å²) in [6.07, 6.45) is -4.83. The zero-order chi connectivity index (χ0) is 11.8. The smallest absolute Gasteiger partial charge is 0.294 e. The molecule has 0 atom stereocenters. The number of hydrogen-bond acceptors (Lipinski definition) is 1. The van der Waals surface area contributed by atoms with E-state index in [0.717, 1.165) is 13.0 Å². The molecule has 0 spiro atoms. The van der Waals surface area contributed by atoms with Gasteiger partial charge in [-0.2, -0.15) is 13.2 Å². The Balaban J connectivity index is 3.49. The minimum Gasteiger partial charge on any atom is -0.294 e. The fourth-order valence-electron chi connectivity index (χ4n) is 1.09. The third-order valence-electron chi connectivity index (χ3n) is 1.75. The maximum Gasteiger partial charge on any atom is 0.419 e. The number of carbonyl (C=O) groups is 1. The third kappa shape index (κ3) is 2.28. The van der Waals surface area contributed by atoms with Crippen molar-refractivity contribution in [1.82, 2.24) is 0 Å². The SMILES string of the molecule is CC(=O)c1c(Cl)ccc(C(F)(F)F)c1F. The van der Waals surface area contributed by atoms with E-state index in [1.165, 1.54) is 0 Å². The summed E-state index contributed by atoms with van der Waals surface area (Å²) >= 11 is 5.42. The van der Waals surface area contributed by atoms with Crippen LogP contribution in [-0.4, -0.2) is 5.78 Å². The first kappa shape index (κ1) is 12.0. The summed E-state index contributed by atoms with van der Waals surface area (Å²) in [6, 6.07) is 1.36. The molecule has 82 valence electrons. The largest absolute Gasteiger partial charge is 0.419 e. The molecule has 1 nitrogen and oxygen atoms in total. The number of benzene rings is 1. The molecule has 6 heteroatoms. The summed E-state index contributed by atoms with van der Waals surface area (Å²) < 4.78 is 49.9. The molecular formula is C9H5ClF4O. The standard InChI is InChI=1S/C9H5ClF4O/c1-4(15)7-6(10)3-2-5(8(7)11)9(12,13)14/h2-3H,1H3. The Bertz CT molecular complexity index is 411. The van der Waals surface area contributed by atoms with E-state index in [1.807, 2.05) is 0 Å². The van der Waals surface area contributed by atoms with E-state index >= 15 is 0 Å². The van der Waals surface area contributed by atoms with Gasteiger partial charge in [0.05, 0.1) is 16.1 Å². The second-order valence-electron chi connectivity index (χ2n) is 2.84. The lowest BCUT2D eigenvalue weighted by atomic mass is 10.1. The van der Waals surface area contributed by atoms with Crippen LogP contribution in [0.4, 0.5) is 17.6 Å². The highest BCUT2D eigenvalue weighted by molar-refractivity contribution is 6.33. The summed E-state index contributed by atoms with van der Waals surface area (Å²) in [5.41, 5.74) is -2.22. The van der Waals surface area contributed by atoms with Gasteiger partial charge in [-0.05, 0) is 19.1 Å². The Kier molecular flexibility index (Phi) is 3.04. The summed E-state index contributed by atoms with van der Waals surface area (Å²) in [6.45, 7) is 0.949. The molecule has 0 aromatic heterocycles. The Labute approximate surface area is 87.7 Å². The molecular weight excluding hydrogens is 236 g/mol.